The third-order valence-corrected chi connectivity index (χ3v) is 1.79. The summed E-state index contributed by atoms with van der Waals surface area (Å²) in [6.45, 7) is 3.64. The van der Waals surface area contributed by atoms with Gasteiger partial charge in [0.15, 0.2) is 0 Å². The zero-order valence-electron chi connectivity index (χ0n) is 8.02. The van der Waals surface area contributed by atoms with Gasteiger partial charge in [0.25, 0.3) is 0 Å². The lowest BCUT2D eigenvalue weighted by Gasteiger charge is -2.11. The van der Waals surface area contributed by atoms with Gasteiger partial charge in [-0.05, 0) is 5.92 Å². The molecular weight excluding hydrogens is 182 g/mol. The van der Waals surface area contributed by atoms with Crippen molar-refractivity contribution in [3.63, 3.8) is 0 Å². The second kappa shape index (κ2) is 4.42. The van der Waals surface area contributed by atoms with Gasteiger partial charge in [0.2, 0.25) is 5.91 Å². The van der Waals surface area contributed by atoms with E-state index in [-0.39, 0.29) is 11.8 Å². The van der Waals surface area contributed by atoms with Crippen LogP contribution in [0.5, 0.6) is 0 Å². The zero-order valence-corrected chi connectivity index (χ0v) is 8.02. The number of hydrogen-bond donors (Lipinski definition) is 1. The summed E-state index contributed by atoms with van der Waals surface area (Å²) < 4.78 is 4.54. The van der Waals surface area contributed by atoms with Crippen molar-refractivity contribution in [3.8, 4) is 6.07 Å². The van der Waals surface area contributed by atoms with Gasteiger partial charge in [0.05, 0.1) is 12.3 Å². The molecule has 1 N–H and O–H groups in total. The molecule has 0 saturated heterocycles. The van der Waals surface area contributed by atoms with Crippen LogP contribution in [0.15, 0.2) is 17.0 Å². The lowest BCUT2D eigenvalue weighted by atomic mass is 9.97. The molecule has 1 heterocycles. The number of carbonyl (C=O) groups is 1. The molecule has 0 bridgehead atoms. The lowest BCUT2D eigenvalue weighted by molar-refractivity contribution is -0.119. The summed E-state index contributed by atoms with van der Waals surface area (Å²) in [5.41, 5.74) is 0.468. The SMILES string of the molecule is CC(C)C(C#N)C(=O)Nc1cnoc1. The minimum Gasteiger partial charge on any atom is -0.363 e. The van der Waals surface area contributed by atoms with Crippen LogP contribution in [0.4, 0.5) is 5.69 Å². The van der Waals surface area contributed by atoms with E-state index in [4.69, 9.17) is 5.26 Å². The molecule has 0 aliphatic carbocycles. The van der Waals surface area contributed by atoms with Crippen LogP contribution in [0.2, 0.25) is 0 Å². The molecule has 74 valence electrons. The molecule has 1 amide bonds. The third-order valence-electron chi connectivity index (χ3n) is 1.79. The molecule has 0 saturated carbocycles. The molecule has 0 radical (unpaired) electrons. The van der Waals surface area contributed by atoms with E-state index in [1.165, 1.54) is 12.5 Å². The van der Waals surface area contributed by atoms with Crippen LogP contribution in [-0.2, 0) is 4.79 Å². The van der Waals surface area contributed by atoms with E-state index >= 15 is 0 Å². The molecule has 1 aromatic heterocycles. The summed E-state index contributed by atoms with van der Waals surface area (Å²) >= 11 is 0. The van der Waals surface area contributed by atoms with E-state index < -0.39 is 5.92 Å². The Morgan fingerprint density at radius 2 is 2.43 bits per heavy atom. The van der Waals surface area contributed by atoms with Gasteiger partial charge in [-0.25, -0.2) is 0 Å². The molecular formula is C9H11N3O2. The number of carbonyl (C=O) groups excluding carboxylic acids is 1. The molecule has 0 aromatic carbocycles. The molecule has 0 aliphatic heterocycles. The first kappa shape index (κ1) is 10.3. The number of anilines is 1. The number of nitrogens with one attached hydrogen (secondary N) is 1. The molecule has 1 atom stereocenters. The Labute approximate surface area is 81.7 Å². The number of nitriles is 1. The molecule has 5 heteroatoms. The smallest absolute Gasteiger partial charge is 0.242 e. The van der Waals surface area contributed by atoms with E-state index in [9.17, 15) is 4.79 Å². The van der Waals surface area contributed by atoms with Gasteiger partial charge in [-0.1, -0.05) is 19.0 Å². The molecule has 1 aromatic rings. The van der Waals surface area contributed by atoms with Crippen molar-refractivity contribution in [3.05, 3.63) is 12.5 Å². The van der Waals surface area contributed by atoms with E-state index in [0.717, 1.165) is 0 Å². The Morgan fingerprint density at radius 1 is 1.71 bits per heavy atom. The van der Waals surface area contributed by atoms with Crippen molar-refractivity contribution in [2.24, 2.45) is 11.8 Å². The molecule has 0 spiro atoms. The van der Waals surface area contributed by atoms with Gasteiger partial charge in [0.1, 0.15) is 17.9 Å². The van der Waals surface area contributed by atoms with Crippen molar-refractivity contribution in [2.75, 3.05) is 5.32 Å². The summed E-state index contributed by atoms with van der Waals surface area (Å²) in [5, 5.41) is 14.7. The Balaban J connectivity index is 2.62. The molecule has 0 aliphatic rings. The summed E-state index contributed by atoms with van der Waals surface area (Å²) in [4.78, 5) is 11.5. The quantitative estimate of drug-likeness (QED) is 0.787. The fourth-order valence-corrected chi connectivity index (χ4v) is 0.997. The van der Waals surface area contributed by atoms with Crippen molar-refractivity contribution in [1.82, 2.24) is 5.16 Å². The first-order valence-electron chi connectivity index (χ1n) is 4.25. The highest BCUT2D eigenvalue weighted by Gasteiger charge is 2.21. The minimum atomic E-state index is -0.648. The summed E-state index contributed by atoms with van der Waals surface area (Å²) in [5.74, 6) is -0.990. The van der Waals surface area contributed by atoms with Crippen LogP contribution in [0.1, 0.15) is 13.8 Å². The molecule has 1 rings (SSSR count). The van der Waals surface area contributed by atoms with Crippen LogP contribution in [-0.4, -0.2) is 11.1 Å². The molecule has 5 nitrogen and oxygen atoms in total. The predicted octanol–water partition coefficient (Wildman–Crippen LogP) is 1.41. The summed E-state index contributed by atoms with van der Waals surface area (Å²) in [6.07, 6.45) is 2.69. The second-order valence-corrected chi connectivity index (χ2v) is 3.25. The van der Waals surface area contributed by atoms with E-state index in [0.29, 0.717) is 5.69 Å². The topological polar surface area (TPSA) is 78.9 Å². The molecule has 14 heavy (non-hydrogen) atoms. The van der Waals surface area contributed by atoms with Gasteiger partial charge < -0.3 is 9.84 Å². The number of aromatic nitrogens is 1. The van der Waals surface area contributed by atoms with Crippen molar-refractivity contribution in [1.29, 1.82) is 5.26 Å². The second-order valence-electron chi connectivity index (χ2n) is 3.25. The minimum absolute atomic E-state index is 0.0140. The van der Waals surface area contributed by atoms with Crippen LogP contribution in [0, 0.1) is 23.2 Å². The van der Waals surface area contributed by atoms with Gasteiger partial charge in [-0.3, -0.25) is 4.79 Å². The number of rotatable bonds is 3. The van der Waals surface area contributed by atoms with E-state index in [2.05, 4.69) is 15.0 Å². The standard InChI is InChI=1S/C9H11N3O2/c1-6(2)8(3-10)9(13)12-7-4-11-14-5-7/h4-6,8H,1-2H3,(H,12,13). The maximum absolute atomic E-state index is 11.5. The van der Waals surface area contributed by atoms with Crippen molar-refractivity contribution < 1.29 is 9.32 Å². The Hall–Kier alpha value is -1.83. The molecule has 0 fully saturated rings. The summed E-state index contributed by atoms with van der Waals surface area (Å²) in [7, 11) is 0. The average Bonchev–Trinajstić information content (AvgIpc) is 2.57. The van der Waals surface area contributed by atoms with Crippen molar-refractivity contribution in [2.45, 2.75) is 13.8 Å². The normalized spacial score (nSPS) is 12.1. The summed E-state index contributed by atoms with van der Waals surface area (Å²) in [6, 6.07) is 1.95. The third kappa shape index (κ3) is 2.33. The van der Waals surface area contributed by atoms with E-state index in [1.807, 2.05) is 19.9 Å². The highest BCUT2D eigenvalue weighted by Crippen LogP contribution is 2.13. The van der Waals surface area contributed by atoms with E-state index in [1.54, 1.807) is 0 Å². The van der Waals surface area contributed by atoms with Gasteiger partial charge in [-0.15, -0.1) is 0 Å². The average molecular weight is 193 g/mol. The highest BCUT2D eigenvalue weighted by atomic mass is 16.5. The largest absolute Gasteiger partial charge is 0.363 e. The number of nitrogens with zero attached hydrogens (tertiary/aromatic N) is 2. The first-order chi connectivity index (χ1) is 6.65. The predicted molar refractivity (Wildman–Crippen MR) is 49.1 cm³/mol. The van der Waals surface area contributed by atoms with Gasteiger partial charge in [-0.2, -0.15) is 5.26 Å². The monoisotopic (exact) mass is 193 g/mol. The van der Waals surface area contributed by atoms with Crippen LogP contribution in [0.25, 0.3) is 0 Å². The Kier molecular flexibility index (Phi) is 3.24. The number of amides is 1. The Bertz CT molecular complexity index is 337. The van der Waals surface area contributed by atoms with Gasteiger partial charge in [0, 0.05) is 0 Å². The van der Waals surface area contributed by atoms with Crippen LogP contribution >= 0.6 is 0 Å². The fraction of sp³-hybridized carbons (Fsp3) is 0.444. The maximum atomic E-state index is 11.5. The maximum Gasteiger partial charge on any atom is 0.242 e. The zero-order chi connectivity index (χ0) is 10.6. The van der Waals surface area contributed by atoms with Gasteiger partial charge >= 0.3 is 0 Å². The van der Waals surface area contributed by atoms with Crippen LogP contribution < -0.4 is 5.32 Å². The molecule has 1 unspecified atom stereocenters. The number of hydrogen-bond acceptors (Lipinski definition) is 4. The first-order valence-corrected chi connectivity index (χ1v) is 4.25. The van der Waals surface area contributed by atoms with Crippen molar-refractivity contribution >= 4 is 11.6 Å². The highest BCUT2D eigenvalue weighted by molar-refractivity contribution is 5.93. The fourth-order valence-electron chi connectivity index (χ4n) is 0.997. The Morgan fingerprint density at radius 3 is 2.86 bits per heavy atom. The lowest BCUT2D eigenvalue weighted by Crippen LogP contribution is -2.25. The van der Waals surface area contributed by atoms with Crippen LogP contribution in [0.3, 0.4) is 0 Å².